The van der Waals surface area contributed by atoms with E-state index in [2.05, 4.69) is 0 Å². The molecule has 0 aromatic carbocycles. The van der Waals surface area contributed by atoms with Crippen molar-refractivity contribution in [1.82, 2.24) is 0 Å². The van der Waals surface area contributed by atoms with Crippen LogP contribution in [0.25, 0.3) is 0 Å². The van der Waals surface area contributed by atoms with Gasteiger partial charge in [0.25, 0.3) is 0 Å². The number of phosphoric acid groups is 1. The molecule has 0 fully saturated rings. The first-order chi connectivity index (χ1) is 2.00. The van der Waals surface area contributed by atoms with Crippen molar-refractivity contribution in [3.05, 3.63) is 0 Å². The second-order valence-electron chi connectivity index (χ2n) is 0.447. The van der Waals surface area contributed by atoms with Crippen molar-refractivity contribution < 1.29 is 19.2 Å². The summed E-state index contributed by atoms with van der Waals surface area (Å²) in [5, 5.41) is 0. The quantitative estimate of drug-likeness (QED) is 0.250. The monoisotopic (exact) mass is 122 g/mol. The van der Waals surface area contributed by atoms with Gasteiger partial charge in [0.15, 0.2) is 0 Å². The molecule has 0 aliphatic heterocycles. The van der Waals surface area contributed by atoms with Crippen LogP contribution < -0.4 is 14.7 Å². The van der Waals surface area contributed by atoms with E-state index in [1.165, 1.54) is 0 Å². The molecule has 35 valence electrons. The van der Waals surface area contributed by atoms with Crippen molar-refractivity contribution in [2.45, 2.75) is 0 Å². The van der Waals surface area contributed by atoms with Gasteiger partial charge in [-0.15, -0.1) is 0 Å². The van der Waals surface area contributed by atoms with Gasteiger partial charge < -0.3 is 19.2 Å². The normalized spacial score (nSPS) is 9.83. The predicted molar refractivity (Wildman–Crippen MR) is 13.4 cm³/mol. The van der Waals surface area contributed by atoms with Gasteiger partial charge in [-0.2, -0.15) is 7.82 Å². The molecule has 0 rings (SSSR count). The zero-order valence-corrected chi connectivity index (χ0v) is 4.71. The molecule has 0 saturated carbocycles. The topological polar surface area (TPSA) is 86.2 Å². The summed E-state index contributed by atoms with van der Waals surface area (Å²) in [6.07, 6.45) is 0. The van der Waals surface area contributed by atoms with Crippen LogP contribution in [0.2, 0.25) is 0 Å². The molecule has 0 unspecified atom stereocenters. The molecule has 0 atom stereocenters. The number of hydrogen-bond donors (Lipinski definition) is 0. The number of rotatable bonds is 0. The second-order valence-corrected chi connectivity index (χ2v) is 1.34. The van der Waals surface area contributed by atoms with Crippen molar-refractivity contribution in [3.63, 3.8) is 0 Å². The molecule has 0 aliphatic carbocycles. The van der Waals surface area contributed by atoms with Gasteiger partial charge >= 0.3 is 0 Å². The largest absolute Gasteiger partial charge is 0.822 e. The molecule has 0 aliphatic rings. The fourth-order valence-electron chi connectivity index (χ4n) is 0. The third-order valence-electron chi connectivity index (χ3n) is 0. The standard InChI is InChI=1S/Al.H3O4P/c;1-5(2,3)4/h;(H3,1,2,3,4)/p-3. The average Bonchev–Trinajstić information content (AvgIpc) is 0.722. The highest BCUT2D eigenvalue weighted by Gasteiger charge is 1.44. The van der Waals surface area contributed by atoms with Crippen LogP contribution >= 0.6 is 7.82 Å². The Hall–Kier alpha value is 0.642. The van der Waals surface area contributed by atoms with Gasteiger partial charge in [0.1, 0.15) is 0 Å². The van der Waals surface area contributed by atoms with Crippen molar-refractivity contribution in [2.24, 2.45) is 0 Å². The Bertz CT molecular complexity index is 53.7. The summed E-state index contributed by atoms with van der Waals surface area (Å²) >= 11 is 0. The lowest BCUT2D eigenvalue weighted by atomic mass is 15.8. The minimum Gasteiger partial charge on any atom is -0.822 e. The molecule has 3 radical (unpaired) electrons. The maximum absolute atomic E-state index is 8.55. The highest BCUT2D eigenvalue weighted by molar-refractivity contribution is 7.40. The molecule has 0 spiro atoms. The highest BCUT2D eigenvalue weighted by atomic mass is 31.2. The Balaban J connectivity index is 0. The highest BCUT2D eigenvalue weighted by Crippen LogP contribution is 2.03. The molecule has 0 amide bonds. The zero-order valence-electron chi connectivity index (χ0n) is 2.66. The van der Waals surface area contributed by atoms with Crippen LogP contribution in [0.3, 0.4) is 0 Å². The lowest BCUT2D eigenvalue weighted by molar-refractivity contribution is -0.432. The summed E-state index contributed by atoms with van der Waals surface area (Å²) < 4.78 is 8.55. The predicted octanol–water partition coefficient (Wildman–Crippen LogP) is -3.21. The summed E-state index contributed by atoms with van der Waals surface area (Å²) in [4.78, 5) is 25.6. The third kappa shape index (κ3) is 149. The molecule has 4 nitrogen and oxygen atoms in total. The maximum Gasteiger partial charge on any atom is 0 e. The molecule has 6 heavy (non-hydrogen) atoms. The molecular formula is AlO4P-3. The van der Waals surface area contributed by atoms with E-state index in [0.29, 0.717) is 0 Å². The fraction of sp³-hybridized carbons (Fsp3) is 0. The van der Waals surface area contributed by atoms with E-state index in [9.17, 15) is 0 Å². The second kappa shape index (κ2) is 2.76. The van der Waals surface area contributed by atoms with Crippen LogP contribution in [0.4, 0.5) is 0 Å². The van der Waals surface area contributed by atoms with Crippen molar-refractivity contribution in [3.8, 4) is 0 Å². The fourth-order valence-corrected chi connectivity index (χ4v) is 0. The van der Waals surface area contributed by atoms with Gasteiger partial charge in [-0.1, -0.05) is 0 Å². The molecule has 0 aromatic heterocycles. The Morgan fingerprint density at radius 3 is 1.17 bits per heavy atom. The summed E-state index contributed by atoms with van der Waals surface area (Å²) in [7, 11) is -5.39. The lowest BCUT2D eigenvalue weighted by Crippen LogP contribution is -2.24. The molecule has 0 N–H and O–H groups in total. The molecule has 0 bridgehead atoms. The van der Waals surface area contributed by atoms with Crippen LogP contribution in [0, 0.1) is 0 Å². The van der Waals surface area contributed by atoms with Crippen LogP contribution in [0.15, 0.2) is 0 Å². The Kier molecular flexibility index (Phi) is 4.51. The first-order valence-electron chi connectivity index (χ1n) is 0.730. The summed E-state index contributed by atoms with van der Waals surface area (Å²) in [5.41, 5.74) is 0. The Morgan fingerprint density at radius 2 is 1.17 bits per heavy atom. The van der Waals surface area contributed by atoms with Gasteiger partial charge in [-0.05, 0) is 0 Å². The lowest BCUT2D eigenvalue weighted by Gasteiger charge is -2.36. The SMILES string of the molecule is O=P([O-])([O-])[O-].[Al]. The van der Waals surface area contributed by atoms with Gasteiger partial charge in [0.2, 0.25) is 0 Å². The van der Waals surface area contributed by atoms with Gasteiger partial charge in [-0.25, -0.2) is 0 Å². The van der Waals surface area contributed by atoms with Crippen molar-refractivity contribution in [2.75, 3.05) is 0 Å². The van der Waals surface area contributed by atoms with E-state index in [-0.39, 0.29) is 17.4 Å². The van der Waals surface area contributed by atoms with E-state index in [1.54, 1.807) is 0 Å². The molecule has 0 aromatic rings. The van der Waals surface area contributed by atoms with Crippen molar-refractivity contribution >= 4 is 25.2 Å². The summed E-state index contributed by atoms with van der Waals surface area (Å²) in [5.74, 6) is 0. The molecule has 6 heteroatoms. The van der Waals surface area contributed by atoms with E-state index < -0.39 is 7.82 Å². The van der Waals surface area contributed by atoms with E-state index in [0.717, 1.165) is 0 Å². The molecule has 0 heterocycles. The molecular weight excluding hydrogens is 122 g/mol. The van der Waals surface area contributed by atoms with Crippen LogP contribution in [-0.4, -0.2) is 17.4 Å². The minimum absolute atomic E-state index is 0. The number of hydrogen-bond acceptors (Lipinski definition) is 4. The Morgan fingerprint density at radius 1 is 1.17 bits per heavy atom. The molecule has 0 saturated heterocycles. The first kappa shape index (κ1) is 9.81. The zero-order chi connectivity index (χ0) is 4.50. The maximum atomic E-state index is 8.55. The van der Waals surface area contributed by atoms with Gasteiger partial charge in [0, 0.05) is 17.4 Å². The van der Waals surface area contributed by atoms with Gasteiger partial charge in [0.05, 0.1) is 0 Å². The summed E-state index contributed by atoms with van der Waals surface area (Å²) in [6, 6.07) is 0. The van der Waals surface area contributed by atoms with E-state index in [1.807, 2.05) is 0 Å². The smallest absolute Gasteiger partial charge is 0 e. The van der Waals surface area contributed by atoms with Crippen LogP contribution in [0.1, 0.15) is 0 Å². The van der Waals surface area contributed by atoms with Crippen LogP contribution in [-0.2, 0) is 4.57 Å². The van der Waals surface area contributed by atoms with E-state index in [4.69, 9.17) is 19.2 Å². The van der Waals surface area contributed by atoms with Crippen molar-refractivity contribution in [1.29, 1.82) is 0 Å². The average molecular weight is 122 g/mol. The first-order valence-corrected chi connectivity index (χ1v) is 2.19. The third-order valence-corrected chi connectivity index (χ3v) is 0. The minimum atomic E-state index is -5.39. The van der Waals surface area contributed by atoms with E-state index >= 15 is 0 Å². The van der Waals surface area contributed by atoms with Gasteiger partial charge in [-0.3, -0.25) is 0 Å². The summed E-state index contributed by atoms with van der Waals surface area (Å²) in [6.45, 7) is 0. The Labute approximate surface area is 45.2 Å². The van der Waals surface area contributed by atoms with Crippen LogP contribution in [0.5, 0.6) is 0 Å².